The molecule has 0 aliphatic carbocycles. The number of β-amino-alcohol motifs (C(OH)–C–C–N with tert-alkyl or cyclic N) is 1. The second-order valence-corrected chi connectivity index (χ2v) is 4.91. The lowest BCUT2D eigenvalue weighted by molar-refractivity contribution is 0.0641. The molecule has 0 saturated carbocycles. The third-order valence-electron chi connectivity index (χ3n) is 2.93. The van der Waals surface area contributed by atoms with Crippen molar-refractivity contribution >= 4 is 11.6 Å². The van der Waals surface area contributed by atoms with Gasteiger partial charge in [0, 0.05) is 37.7 Å². The van der Waals surface area contributed by atoms with E-state index in [1.165, 1.54) is 0 Å². The fraction of sp³-hybridized carbons (Fsp3) is 0.538. The summed E-state index contributed by atoms with van der Waals surface area (Å²) in [7, 11) is 0. The Kier molecular flexibility index (Phi) is 5.26. The number of piperazine rings is 1. The van der Waals surface area contributed by atoms with Crippen molar-refractivity contribution in [2.24, 2.45) is 0 Å². The zero-order valence-corrected chi connectivity index (χ0v) is 11.1. The van der Waals surface area contributed by atoms with Crippen LogP contribution >= 0.6 is 11.6 Å². The first-order valence-electron chi connectivity index (χ1n) is 6.23. The SMILES string of the molecule is OC(COc1ccc(Cl)cc1)CN1CCNCC1. The molecule has 18 heavy (non-hydrogen) atoms. The van der Waals surface area contributed by atoms with Gasteiger partial charge < -0.3 is 15.2 Å². The second-order valence-electron chi connectivity index (χ2n) is 4.47. The van der Waals surface area contributed by atoms with Gasteiger partial charge >= 0.3 is 0 Å². The monoisotopic (exact) mass is 270 g/mol. The van der Waals surface area contributed by atoms with Crippen LogP contribution in [0.5, 0.6) is 5.75 Å². The Bertz CT molecular complexity index is 353. The number of nitrogens with zero attached hydrogens (tertiary/aromatic N) is 1. The van der Waals surface area contributed by atoms with Gasteiger partial charge in [0.25, 0.3) is 0 Å². The Labute approximate surface area is 113 Å². The van der Waals surface area contributed by atoms with Crippen LogP contribution in [-0.2, 0) is 0 Å². The van der Waals surface area contributed by atoms with Crippen molar-refractivity contribution in [3.05, 3.63) is 29.3 Å². The van der Waals surface area contributed by atoms with Gasteiger partial charge in [0.15, 0.2) is 0 Å². The number of rotatable bonds is 5. The van der Waals surface area contributed by atoms with Gasteiger partial charge in [-0.2, -0.15) is 0 Å². The molecule has 100 valence electrons. The second kappa shape index (κ2) is 6.95. The van der Waals surface area contributed by atoms with E-state index in [4.69, 9.17) is 16.3 Å². The summed E-state index contributed by atoms with van der Waals surface area (Å²) in [6.45, 7) is 4.92. The van der Waals surface area contributed by atoms with Crippen molar-refractivity contribution < 1.29 is 9.84 Å². The lowest BCUT2D eigenvalue weighted by Gasteiger charge is -2.28. The van der Waals surface area contributed by atoms with Gasteiger partial charge in [-0.1, -0.05) is 11.6 Å². The number of benzene rings is 1. The largest absolute Gasteiger partial charge is 0.491 e. The molecule has 5 heteroatoms. The van der Waals surface area contributed by atoms with Crippen molar-refractivity contribution in [3.63, 3.8) is 0 Å². The van der Waals surface area contributed by atoms with Gasteiger partial charge in [-0.3, -0.25) is 4.90 Å². The van der Waals surface area contributed by atoms with E-state index < -0.39 is 6.10 Å². The number of hydrogen-bond donors (Lipinski definition) is 2. The predicted molar refractivity (Wildman–Crippen MR) is 72.3 cm³/mol. The minimum atomic E-state index is -0.459. The average Bonchev–Trinajstić information content (AvgIpc) is 2.39. The highest BCUT2D eigenvalue weighted by atomic mass is 35.5. The molecular formula is C13H19ClN2O2. The highest BCUT2D eigenvalue weighted by molar-refractivity contribution is 6.30. The van der Waals surface area contributed by atoms with Gasteiger partial charge in [0.2, 0.25) is 0 Å². The maximum Gasteiger partial charge on any atom is 0.119 e. The van der Waals surface area contributed by atoms with Crippen LogP contribution in [0.3, 0.4) is 0 Å². The average molecular weight is 271 g/mol. The molecule has 1 atom stereocenters. The minimum Gasteiger partial charge on any atom is -0.491 e. The molecule has 2 N–H and O–H groups in total. The maximum absolute atomic E-state index is 9.90. The summed E-state index contributed by atoms with van der Waals surface area (Å²) in [5, 5.41) is 13.9. The predicted octanol–water partition coefficient (Wildman–Crippen LogP) is 0.985. The van der Waals surface area contributed by atoms with E-state index in [0.29, 0.717) is 18.2 Å². The Morgan fingerprint density at radius 3 is 2.61 bits per heavy atom. The van der Waals surface area contributed by atoms with E-state index in [1.54, 1.807) is 24.3 Å². The Hall–Kier alpha value is -0.810. The van der Waals surface area contributed by atoms with Gasteiger partial charge in [-0.25, -0.2) is 0 Å². The van der Waals surface area contributed by atoms with Crippen molar-refractivity contribution in [2.75, 3.05) is 39.3 Å². The number of halogens is 1. The first-order valence-corrected chi connectivity index (χ1v) is 6.61. The molecule has 0 spiro atoms. The molecule has 1 unspecified atom stereocenters. The molecule has 0 bridgehead atoms. The number of ether oxygens (including phenoxy) is 1. The third-order valence-corrected chi connectivity index (χ3v) is 3.19. The van der Waals surface area contributed by atoms with Gasteiger partial charge in [0.1, 0.15) is 18.5 Å². The normalized spacial score (nSPS) is 18.6. The molecule has 0 amide bonds. The fourth-order valence-electron chi connectivity index (χ4n) is 1.97. The lowest BCUT2D eigenvalue weighted by atomic mass is 10.3. The van der Waals surface area contributed by atoms with E-state index >= 15 is 0 Å². The third kappa shape index (κ3) is 4.46. The first kappa shape index (κ1) is 13.6. The summed E-state index contributed by atoms with van der Waals surface area (Å²) in [5.41, 5.74) is 0. The molecule has 1 fully saturated rings. The molecule has 1 saturated heterocycles. The molecule has 1 heterocycles. The number of aliphatic hydroxyl groups is 1. The van der Waals surface area contributed by atoms with E-state index in [-0.39, 0.29) is 0 Å². The summed E-state index contributed by atoms with van der Waals surface area (Å²) in [4.78, 5) is 2.24. The zero-order valence-electron chi connectivity index (χ0n) is 10.3. The summed E-state index contributed by atoms with van der Waals surface area (Å²) in [6, 6.07) is 7.17. The molecule has 4 nitrogen and oxygen atoms in total. The Balaban J connectivity index is 1.70. The molecule has 1 aliphatic rings. The van der Waals surface area contributed by atoms with Crippen LogP contribution in [0.4, 0.5) is 0 Å². The van der Waals surface area contributed by atoms with Crippen molar-refractivity contribution in [1.29, 1.82) is 0 Å². The summed E-state index contributed by atoms with van der Waals surface area (Å²) in [6.07, 6.45) is -0.459. The number of aliphatic hydroxyl groups excluding tert-OH is 1. The highest BCUT2D eigenvalue weighted by Crippen LogP contribution is 2.15. The van der Waals surface area contributed by atoms with Crippen LogP contribution in [0.15, 0.2) is 24.3 Å². The lowest BCUT2D eigenvalue weighted by Crippen LogP contribution is -2.47. The zero-order chi connectivity index (χ0) is 12.8. The van der Waals surface area contributed by atoms with E-state index in [2.05, 4.69) is 10.2 Å². The maximum atomic E-state index is 9.90. The van der Waals surface area contributed by atoms with E-state index in [1.807, 2.05) is 0 Å². The van der Waals surface area contributed by atoms with Crippen LogP contribution in [0, 0.1) is 0 Å². The molecule has 1 aliphatic heterocycles. The van der Waals surface area contributed by atoms with Crippen LogP contribution in [0.1, 0.15) is 0 Å². The highest BCUT2D eigenvalue weighted by Gasteiger charge is 2.14. The quantitative estimate of drug-likeness (QED) is 0.838. The molecule has 2 rings (SSSR count). The van der Waals surface area contributed by atoms with E-state index in [0.717, 1.165) is 31.9 Å². The summed E-state index contributed by atoms with van der Waals surface area (Å²) in [5.74, 6) is 0.735. The van der Waals surface area contributed by atoms with E-state index in [9.17, 15) is 5.11 Å². The standard InChI is InChI=1S/C13H19ClN2O2/c14-11-1-3-13(4-2-11)18-10-12(17)9-16-7-5-15-6-8-16/h1-4,12,15,17H,5-10H2. The van der Waals surface area contributed by atoms with Crippen LogP contribution in [-0.4, -0.2) is 55.4 Å². The van der Waals surface area contributed by atoms with Crippen molar-refractivity contribution in [1.82, 2.24) is 10.2 Å². The van der Waals surface area contributed by atoms with Crippen LogP contribution in [0.2, 0.25) is 5.02 Å². The van der Waals surface area contributed by atoms with Crippen molar-refractivity contribution in [3.8, 4) is 5.75 Å². The molecule has 0 radical (unpaired) electrons. The van der Waals surface area contributed by atoms with Gasteiger partial charge in [-0.05, 0) is 24.3 Å². The summed E-state index contributed by atoms with van der Waals surface area (Å²) >= 11 is 5.79. The molecule has 1 aromatic rings. The van der Waals surface area contributed by atoms with Crippen LogP contribution in [0.25, 0.3) is 0 Å². The molecule has 1 aromatic carbocycles. The Morgan fingerprint density at radius 1 is 1.28 bits per heavy atom. The topological polar surface area (TPSA) is 44.7 Å². The van der Waals surface area contributed by atoms with Crippen LogP contribution < -0.4 is 10.1 Å². The fourth-order valence-corrected chi connectivity index (χ4v) is 2.09. The molecular weight excluding hydrogens is 252 g/mol. The summed E-state index contributed by atoms with van der Waals surface area (Å²) < 4.78 is 5.51. The molecule has 0 aromatic heterocycles. The Morgan fingerprint density at radius 2 is 1.94 bits per heavy atom. The van der Waals surface area contributed by atoms with Gasteiger partial charge in [0.05, 0.1) is 0 Å². The number of hydrogen-bond acceptors (Lipinski definition) is 4. The first-order chi connectivity index (χ1) is 8.74. The smallest absolute Gasteiger partial charge is 0.119 e. The minimum absolute atomic E-state index is 0.311. The number of nitrogens with one attached hydrogen (secondary N) is 1. The van der Waals surface area contributed by atoms with Crippen molar-refractivity contribution in [2.45, 2.75) is 6.10 Å². The van der Waals surface area contributed by atoms with Gasteiger partial charge in [-0.15, -0.1) is 0 Å².